The van der Waals surface area contributed by atoms with E-state index in [0.717, 1.165) is 12.5 Å². The number of sulfonamides is 1. The van der Waals surface area contributed by atoms with Gasteiger partial charge in [0.05, 0.1) is 0 Å². The Bertz CT molecular complexity index is 673. The molecule has 0 aliphatic carbocycles. The third-order valence-electron chi connectivity index (χ3n) is 2.91. The molecular formula is C10H16ClN3O4S2. The van der Waals surface area contributed by atoms with Crippen LogP contribution in [-0.4, -0.2) is 51.5 Å². The van der Waals surface area contributed by atoms with Crippen LogP contribution in [0.25, 0.3) is 0 Å². The fourth-order valence-electron chi connectivity index (χ4n) is 1.86. The molecule has 2 N–H and O–H groups in total. The first-order valence-electron chi connectivity index (χ1n) is 5.63. The normalized spacial score (nSPS) is 20.6. The van der Waals surface area contributed by atoms with Crippen LogP contribution in [0, 0.1) is 0 Å². The number of hydrogen-bond donors (Lipinski definition) is 1. The van der Waals surface area contributed by atoms with Crippen molar-refractivity contribution in [3.63, 3.8) is 0 Å². The maximum Gasteiger partial charge on any atom is 0.244 e. The summed E-state index contributed by atoms with van der Waals surface area (Å²) < 4.78 is 48.2. The van der Waals surface area contributed by atoms with Crippen molar-refractivity contribution in [3.05, 3.63) is 18.3 Å². The Labute approximate surface area is 124 Å². The van der Waals surface area contributed by atoms with Crippen molar-refractivity contribution in [2.75, 3.05) is 19.3 Å². The van der Waals surface area contributed by atoms with Gasteiger partial charge in [-0.1, -0.05) is 0 Å². The van der Waals surface area contributed by atoms with Gasteiger partial charge in [0.2, 0.25) is 10.0 Å². The minimum Gasteiger partial charge on any atom is -0.326 e. The molecule has 1 atom stereocenters. The highest BCUT2D eigenvalue weighted by molar-refractivity contribution is 7.90. The number of hydrogen-bond acceptors (Lipinski definition) is 6. The van der Waals surface area contributed by atoms with E-state index in [0.29, 0.717) is 13.0 Å². The maximum atomic E-state index is 12.2. The lowest BCUT2D eigenvalue weighted by Gasteiger charge is -2.15. The minimum atomic E-state index is -3.64. The summed E-state index contributed by atoms with van der Waals surface area (Å²) in [7, 11) is -7.07. The van der Waals surface area contributed by atoms with Crippen LogP contribution in [0.15, 0.2) is 28.3 Å². The topological polar surface area (TPSA) is 110 Å². The molecule has 10 heteroatoms. The Morgan fingerprint density at radius 1 is 1.30 bits per heavy atom. The quantitative estimate of drug-likeness (QED) is 0.803. The Hall–Kier alpha value is -0.740. The fraction of sp³-hybridized carbons (Fsp3) is 0.500. The van der Waals surface area contributed by atoms with Gasteiger partial charge in [-0.05, 0) is 18.6 Å². The summed E-state index contributed by atoms with van der Waals surface area (Å²) in [5, 5.41) is -0.149. The summed E-state index contributed by atoms with van der Waals surface area (Å²) in [6, 6.07) is 2.29. The molecular weight excluding hydrogens is 326 g/mol. The monoisotopic (exact) mass is 341 g/mol. The van der Waals surface area contributed by atoms with Gasteiger partial charge in [0.1, 0.15) is 4.90 Å². The van der Waals surface area contributed by atoms with E-state index in [4.69, 9.17) is 5.73 Å². The second kappa shape index (κ2) is 5.94. The standard InChI is InChI=1S/C10H15N3O4S2.ClH/c1-18(14,15)10-3-2-9(6-12-10)19(16,17)13-5-4-8(11)7-13;/h2-3,6,8H,4-5,7,11H2,1H3;1H/t8-;/m1./s1. The lowest BCUT2D eigenvalue weighted by molar-refractivity contribution is 0.472. The van der Waals surface area contributed by atoms with E-state index in [1.54, 1.807) is 0 Å². The Balaban J connectivity index is 0.00000200. The van der Waals surface area contributed by atoms with E-state index in [-0.39, 0.29) is 34.9 Å². The van der Waals surface area contributed by atoms with Gasteiger partial charge >= 0.3 is 0 Å². The number of sulfone groups is 1. The zero-order valence-corrected chi connectivity index (χ0v) is 13.2. The second-order valence-corrected chi connectivity index (χ2v) is 8.42. The van der Waals surface area contributed by atoms with Crippen molar-refractivity contribution >= 4 is 32.3 Å². The van der Waals surface area contributed by atoms with Crippen molar-refractivity contribution in [2.24, 2.45) is 5.73 Å². The van der Waals surface area contributed by atoms with Gasteiger partial charge < -0.3 is 5.73 Å². The smallest absolute Gasteiger partial charge is 0.244 e. The van der Waals surface area contributed by atoms with Crippen molar-refractivity contribution in [1.82, 2.24) is 9.29 Å². The van der Waals surface area contributed by atoms with E-state index in [2.05, 4.69) is 4.98 Å². The molecule has 0 spiro atoms. The van der Waals surface area contributed by atoms with Crippen LogP contribution in [0.3, 0.4) is 0 Å². The van der Waals surface area contributed by atoms with E-state index < -0.39 is 19.9 Å². The first-order valence-corrected chi connectivity index (χ1v) is 8.96. The molecule has 1 aliphatic heterocycles. The predicted molar refractivity (Wildman–Crippen MR) is 75.9 cm³/mol. The summed E-state index contributed by atoms with van der Waals surface area (Å²) in [6.45, 7) is 0.646. The highest BCUT2D eigenvalue weighted by Gasteiger charge is 2.31. The average Bonchev–Trinajstić information content (AvgIpc) is 2.76. The van der Waals surface area contributed by atoms with Crippen molar-refractivity contribution in [1.29, 1.82) is 0 Å². The first kappa shape index (κ1) is 17.3. The third-order valence-corrected chi connectivity index (χ3v) is 5.76. The van der Waals surface area contributed by atoms with Crippen molar-refractivity contribution in [3.8, 4) is 0 Å². The van der Waals surface area contributed by atoms with Crippen LogP contribution < -0.4 is 5.73 Å². The summed E-state index contributed by atoms with van der Waals surface area (Å²) in [5.41, 5.74) is 5.68. The molecule has 0 saturated carbocycles. The molecule has 0 unspecified atom stereocenters. The lowest BCUT2D eigenvalue weighted by atomic mass is 10.3. The largest absolute Gasteiger partial charge is 0.326 e. The molecule has 1 aromatic heterocycles. The molecule has 1 aromatic rings. The molecule has 2 heterocycles. The summed E-state index contributed by atoms with van der Waals surface area (Å²) in [4.78, 5) is 3.66. The van der Waals surface area contributed by atoms with Crippen LogP contribution in [0.5, 0.6) is 0 Å². The maximum absolute atomic E-state index is 12.2. The number of aromatic nitrogens is 1. The van der Waals surface area contributed by atoms with Crippen LogP contribution in [-0.2, 0) is 19.9 Å². The number of pyridine rings is 1. The van der Waals surface area contributed by atoms with E-state index in [1.807, 2.05) is 0 Å². The third kappa shape index (κ3) is 3.47. The molecule has 0 radical (unpaired) electrons. The highest BCUT2D eigenvalue weighted by Crippen LogP contribution is 2.20. The van der Waals surface area contributed by atoms with Gasteiger partial charge in [-0.15, -0.1) is 12.4 Å². The SMILES string of the molecule is CS(=O)(=O)c1ccc(S(=O)(=O)N2CC[C@@H](N)C2)cn1.Cl. The van der Waals surface area contributed by atoms with Crippen LogP contribution >= 0.6 is 12.4 Å². The van der Waals surface area contributed by atoms with Crippen molar-refractivity contribution < 1.29 is 16.8 Å². The Kier molecular flexibility index (Phi) is 5.14. The minimum absolute atomic E-state index is 0. The predicted octanol–water partition coefficient (Wildman–Crippen LogP) is -0.371. The van der Waals surface area contributed by atoms with Gasteiger partial charge in [-0.2, -0.15) is 4.31 Å². The first-order chi connectivity index (χ1) is 8.71. The molecule has 20 heavy (non-hydrogen) atoms. The van der Waals surface area contributed by atoms with Gasteiger partial charge in [0, 0.05) is 31.6 Å². The molecule has 2 rings (SSSR count). The zero-order chi connectivity index (χ0) is 14.3. The van der Waals surface area contributed by atoms with Crippen LogP contribution in [0.2, 0.25) is 0 Å². The molecule has 0 amide bonds. The Morgan fingerprint density at radius 3 is 2.35 bits per heavy atom. The summed E-state index contributed by atoms with van der Waals surface area (Å²) in [6.07, 6.45) is 2.70. The fourth-order valence-corrected chi connectivity index (χ4v) is 3.88. The van der Waals surface area contributed by atoms with Gasteiger partial charge in [-0.3, -0.25) is 0 Å². The molecule has 7 nitrogen and oxygen atoms in total. The van der Waals surface area contributed by atoms with E-state index in [1.165, 1.54) is 16.4 Å². The highest BCUT2D eigenvalue weighted by atomic mass is 35.5. The molecule has 0 bridgehead atoms. The van der Waals surface area contributed by atoms with Gasteiger partial charge in [-0.25, -0.2) is 21.8 Å². The number of nitrogens with two attached hydrogens (primary N) is 1. The molecule has 114 valence electrons. The second-order valence-electron chi connectivity index (χ2n) is 4.52. The van der Waals surface area contributed by atoms with Gasteiger partial charge in [0.25, 0.3) is 0 Å². The summed E-state index contributed by atoms with van der Waals surface area (Å²) >= 11 is 0. The molecule has 1 fully saturated rings. The average molecular weight is 342 g/mol. The number of nitrogens with zero attached hydrogens (tertiary/aromatic N) is 2. The summed E-state index contributed by atoms with van der Waals surface area (Å²) in [5.74, 6) is 0. The van der Waals surface area contributed by atoms with Gasteiger partial charge in [0.15, 0.2) is 14.9 Å². The van der Waals surface area contributed by atoms with E-state index >= 15 is 0 Å². The number of halogens is 1. The Morgan fingerprint density at radius 2 is 1.95 bits per heavy atom. The van der Waals surface area contributed by atoms with Crippen LogP contribution in [0.4, 0.5) is 0 Å². The van der Waals surface area contributed by atoms with Crippen molar-refractivity contribution in [2.45, 2.75) is 22.4 Å². The molecule has 1 aliphatic rings. The van der Waals surface area contributed by atoms with E-state index in [9.17, 15) is 16.8 Å². The molecule has 1 saturated heterocycles. The zero-order valence-electron chi connectivity index (χ0n) is 10.8. The van der Waals surface area contributed by atoms with Crippen LogP contribution in [0.1, 0.15) is 6.42 Å². The molecule has 0 aromatic carbocycles. The lowest BCUT2D eigenvalue weighted by Crippen LogP contribution is -2.32. The number of rotatable bonds is 3.